The van der Waals surface area contributed by atoms with Crippen molar-refractivity contribution < 1.29 is 14.1 Å². The first-order valence-corrected chi connectivity index (χ1v) is 6.16. The van der Waals surface area contributed by atoms with Crippen LogP contribution in [0.5, 0.6) is 0 Å². The predicted octanol–water partition coefficient (Wildman–Crippen LogP) is 1.74. The van der Waals surface area contributed by atoms with Crippen molar-refractivity contribution in [3.63, 3.8) is 0 Å². The van der Waals surface area contributed by atoms with Gasteiger partial charge in [-0.25, -0.2) is 0 Å². The molecule has 6 nitrogen and oxygen atoms in total. The summed E-state index contributed by atoms with van der Waals surface area (Å²) < 4.78 is 4.84. The number of hydrogen-bond acceptors (Lipinski definition) is 4. The van der Waals surface area contributed by atoms with Crippen LogP contribution < -0.4 is 10.6 Å². The lowest BCUT2D eigenvalue weighted by molar-refractivity contribution is -0.117. The molecule has 0 bridgehead atoms. The number of amides is 2. The number of benzene rings is 1. The fraction of sp³-hybridized carbons (Fsp3) is 0.214. The van der Waals surface area contributed by atoms with Crippen molar-refractivity contribution >= 4 is 17.6 Å². The van der Waals surface area contributed by atoms with Gasteiger partial charge in [0, 0.05) is 11.6 Å². The van der Waals surface area contributed by atoms with Crippen LogP contribution in [0.25, 0.3) is 0 Å². The zero-order valence-corrected chi connectivity index (χ0v) is 11.2. The van der Waals surface area contributed by atoms with Crippen molar-refractivity contribution in [2.24, 2.45) is 0 Å². The summed E-state index contributed by atoms with van der Waals surface area (Å²) in [6.07, 6.45) is 0. The van der Waals surface area contributed by atoms with Crippen LogP contribution in [0.4, 0.5) is 5.82 Å². The van der Waals surface area contributed by atoms with Gasteiger partial charge in [0.05, 0.1) is 0 Å². The molecule has 104 valence electrons. The molecule has 0 unspecified atom stereocenters. The normalized spacial score (nSPS) is 11.7. The maximum atomic E-state index is 11.9. The van der Waals surface area contributed by atoms with Crippen molar-refractivity contribution in [2.45, 2.75) is 19.9 Å². The minimum absolute atomic E-state index is 0.301. The van der Waals surface area contributed by atoms with Crippen LogP contribution >= 0.6 is 0 Å². The Morgan fingerprint density at radius 1 is 1.25 bits per heavy atom. The van der Waals surface area contributed by atoms with Crippen LogP contribution in [-0.4, -0.2) is 23.0 Å². The van der Waals surface area contributed by atoms with E-state index in [1.165, 1.54) is 0 Å². The molecule has 2 amide bonds. The molecular formula is C14H15N3O3. The molecule has 2 aromatic rings. The number of hydrogen-bond donors (Lipinski definition) is 2. The van der Waals surface area contributed by atoms with Crippen LogP contribution in [0.1, 0.15) is 23.0 Å². The van der Waals surface area contributed by atoms with Gasteiger partial charge in [0.1, 0.15) is 11.8 Å². The molecule has 0 saturated carbocycles. The highest BCUT2D eigenvalue weighted by atomic mass is 16.5. The van der Waals surface area contributed by atoms with Crippen LogP contribution in [0.3, 0.4) is 0 Å². The Labute approximate surface area is 116 Å². The molecule has 1 atom stereocenters. The zero-order valence-electron chi connectivity index (χ0n) is 11.2. The molecule has 1 aromatic carbocycles. The van der Waals surface area contributed by atoms with Gasteiger partial charge in [-0.3, -0.25) is 9.59 Å². The van der Waals surface area contributed by atoms with Crippen LogP contribution in [0.15, 0.2) is 40.9 Å². The zero-order chi connectivity index (χ0) is 14.5. The van der Waals surface area contributed by atoms with Crippen molar-refractivity contribution in [3.05, 3.63) is 47.7 Å². The largest absolute Gasteiger partial charge is 0.360 e. The van der Waals surface area contributed by atoms with Gasteiger partial charge in [-0.05, 0) is 26.0 Å². The first-order chi connectivity index (χ1) is 9.56. The van der Waals surface area contributed by atoms with Crippen LogP contribution in [0, 0.1) is 6.92 Å². The minimum atomic E-state index is -0.681. The number of nitrogens with one attached hydrogen (secondary N) is 2. The number of anilines is 1. The lowest BCUT2D eigenvalue weighted by Crippen LogP contribution is -2.41. The molecule has 0 spiro atoms. The highest BCUT2D eigenvalue weighted by molar-refractivity contribution is 6.00. The van der Waals surface area contributed by atoms with E-state index in [0.29, 0.717) is 17.1 Å². The summed E-state index contributed by atoms with van der Waals surface area (Å²) in [7, 11) is 0. The quantitative estimate of drug-likeness (QED) is 0.888. The number of carbonyl (C=O) groups is 2. The van der Waals surface area contributed by atoms with E-state index in [2.05, 4.69) is 15.8 Å². The van der Waals surface area contributed by atoms with Gasteiger partial charge in [0.15, 0.2) is 5.82 Å². The Balaban J connectivity index is 1.92. The van der Waals surface area contributed by atoms with E-state index in [1.807, 2.05) is 6.07 Å². The third-order valence-electron chi connectivity index (χ3n) is 2.66. The van der Waals surface area contributed by atoms with Gasteiger partial charge in [-0.1, -0.05) is 23.4 Å². The number of aryl methyl sites for hydroxylation is 1. The SMILES string of the molecule is Cc1cc(NC(=O)[C@H](C)NC(=O)c2ccccc2)no1. The third-order valence-corrected chi connectivity index (χ3v) is 2.66. The Kier molecular flexibility index (Phi) is 4.14. The minimum Gasteiger partial charge on any atom is -0.360 e. The topological polar surface area (TPSA) is 84.2 Å². The van der Waals surface area contributed by atoms with Crippen LogP contribution in [0.2, 0.25) is 0 Å². The fourth-order valence-corrected chi connectivity index (χ4v) is 1.59. The molecule has 0 radical (unpaired) electrons. The smallest absolute Gasteiger partial charge is 0.251 e. The lowest BCUT2D eigenvalue weighted by atomic mass is 10.2. The molecule has 2 N–H and O–H groups in total. The first kappa shape index (κ1) is 13.8. The summed E-state index contributed by atoms with van der Waals surface area (Å²) in [6.45, 7) is 3.33. The second-order valence-electron chi connectivity index (χ2n) is 4.37. The van der Waals surface area contributed by atoms with Crippen molar-refractivity contribution in [3.8, 4) is 0 Å². The van der Waals surface area contributed by atoms with Gasteiger partial charge >= 0.3 is 0 Å². The second-order valence-corrected chi connectivity index (χ2v) is 4.37. The molecule has 0 fully saturated rings. The maximum Gasteiger partial charge on any atom is 0.251 e. The van der Waals surface area contributed by atoms with Gasteiger partial charge in [0.2, 0.25) is 5.91 Å². The average molecular weight is 273 g/mol. The molecule has 0 aliphatic carbocycles. The van der Waals surface area contributed by atoms with Gasteiger partial charge in [-0.15, -0.1) is 0 Å². The Bertz CT molecular complexity index is 607. The molecule has 0 saturated heterocycles. The summed E-state index contributed by atoms with van der Waals surface area (Å²) in [6, 6.07) is 9.63. The molecular weight excluding hydrogens is 258 g/mol. The second kappa shape index (κ2) is 6.01. The van der Waals surface area contributed by atoms with Crippen LogP contribution in [-0.2, 0) is 4.79 Å². The van der Waals surface area contributed by atoms with E-state index in [9.17, 15) is 9.59 Å². The van der Waals surface area contributed by atoms with E-state index < -0.39 is 6.04 Å². The van der Waals surface area contributed by atoms with E-state index in [1.54, 1.807) is 44.2 Å². The lowest BCUT2D eigenvalue weighted by Gasteiger charge is -2.12. The average Bonchev–Trinajstić information content (AvgIpc) is 2.85. The molecule has 6 heteroatoms. The summed E-state index contributed by atoms with van der Waals surface area (Å²) in [5.74, 6) is 0.266. The van der Waals surface area contributed by atoms with Crippen molar-refractivity contribution in [1.82, 2.24) is 10.5 Å². The summed E-state index contributed by atoms with van der Waals surface area (Å²) >= 11 is 0. The summed E-state index contributed by atoms with van der Waals surface area (Å²) in [4.78, 5) is 23.8. The molecule has 2 rings (SSSR count). The Hall–Kier alpha value is -2.63. The number of carbonyl (C=O) groups excluding carboxylic acids is 2. The first-order valence-electron chi connectivity index (χ1n) is 6.16. The molecule has 0 aliphatic heterocycles. The number of nitrogens with zero attached hydrogens (tertiary/aromatic N) is 1. The molecule has 0 aliphatic rings. The molecule has 1 heterocycles. The summed E-state index contributed by atoms with van der Waals surface area (Å²) in [5, 5.41) is 8.83. The Morgan fingerprint density at radius 2 is 1.95 bits per heavy atom. The highest BCUT2D eigenvalue weighted by Gasteiger charge is 2.17. The van der Waals surface area contributed by atoms with Gasteiger partial charge in [0.25, 0.3) is 5.91 Å². The monoisotopic (exact) mass is 273 g/mol. The third kappa shape index (κ3) is 3.44. The maximum absolute atomic E-state index is 11.9. The van der Waals surface area contributed by atoms with Crippen molar-refractivity contribution in [1.29, 1.82) is 0 Å². The van der Waals surface area contributed by atoms with E-state index in [-0.39, 0.29) is 11.8 Å². The van der Waals surface area contributed by atoms with Gasteiger partial charge < -0.3 is 15.2 Å². The van der Waals surface area contributed by atoms with E-state index in [0.717, 1.165) is 0 Å². The van der Waals surface area contributed by atoms with E-state index in [4.69, 9.17) is 4.52 Å². The predicted molar refractivity (Wildman–Crippen MR) is 73.2 cm³/mol. The molecule has 20 heavy (non-hydrogen) atoms. The number of aromatic nitrogens is 1. The summed E-state index contributed by atoms with van der Waals surface area (Å²) in [5.41, 5.74) is 0.504. The highest BCUT2D eigenvalue weighted by Crippen LogP contribution is 2.07. The van der Waals surface area contributed by atoms with Gasteiger partial charge in [-0.2, -0.15) is 0 Å². The number of rotatable bonds is 4. The van der Waals surface area contributed by atoms with Crippen molar-refractivity contribution in [2.75, 3.05) is 5.32 Å². The standard InChI is InChI=1S/C14H15N3O3/c1-9-8-12(17-20-9)16-13(18)10(2)15-14(19)11-6-4-3-5-7-11/h3-8,10H,1-2H3,(H,15,19)(H,16,17,18)/t10-/m0/s1. The molecule has 1 aromatic heterocycles. The fourth-order valence-electron chi connectivity index (χ4n) is 1.59. The van der Waals surface area contributed by atoms with E-state index >= 15 is 0 Å². The Morgan fingerprint density at radius 3 is 2.55 bits per heavy atom.